The molecule has 4 heteroatoms. The average Bonchev–Trinajstić information content (AvgIpc) is 2.43. The van der Waals surface area contributed by atoms with Crippen LogP contribution in [0.3, 0.4) is 0 Å². The lowest BCUT2D eigenvalue weighted by Gasteiger charge is -2.16. The molecule has 0 N–H and O–H groups in total. The fraction of sp³-hybridized carbons (Fsp3) is 0.688. The first-order valence-corrected chi connectivity index (χ1v) is 7.41. The zero-order valence-electron chi connectivity index (χ0n) is 12.9. The molecule has 0 rings (SSSR count). The summed E-state index contributed by atoms with van der Waals surface area (Å²) in [7, 11) is 0. The molecule has 4 nitrogen and oxygen atoms in total. The topological polar surface area (TPSA) is 52.4 Å². The van der Waals surface area contributed by atoms with Crippen molar-refractivity contribution in [1.29, 1.82) is 0 Å². The van der Waals surface area contributed by atoms with Crippen molar-refractivity contribution in [2.45, 2.75) is 52.6 Å². The Morgan fingerprint density at radius 3 is 2.70 bits per heavy atom. The van der Waals surface area contributed by atoms with Crippen LogP contribution in [0.5, 0.6) is 0 Å². The summed E-state index contributed by atoms with van der Waals surface area (Å²) in [6.45, 7) is 6.64. The number of rotatable bonds is 11. The van der Waals surface area contributed by atoms with Crippen LogP contribution in [0.15, 0.2) is 30.0 Å². The fourth-order valence-corrected chi connectivity index (χ4v) is 1.72. The van der Waals surface area contributed by atoms with Gasteiger partial charge in [-0.2, -0.15) is 0 Å². The highest BCUT2D eigenvalue weighted by Gasteiger charge is 2.08. The molecule has 2 atom stereocenters. The second-order valence-corrected chi connectivity index (χ2v) is 4.75. The standard InChI is InChI=1S/C16H27NO3/c1-4-7-11-16(12-8-5-2)20-14-15(6-3)10-9-13-17(18)19/h4,9-11,15-16H,5-6,8,12-14H2,1-3H3/b10-9-. The zero-order valence-corrected chi connectivity index (χ0v) is 12.9. The Labute approximate surface area is 122 Å². The van der Waals surface area contributed by atoms with Gasteiger partial charge in [-0.1, -0.05) is 32.8 Å². The molecule has 0 aromatic heterocycles. The number of hydrogen-bond donors (Lipinski definition) is 0. The molecule has 0 spiro atoms. The second kappa shape index (κ2) is 12.6. The van der Waals surface area contributed by atoms with E-state index >= 15 is 0 Å². The van der Waals surface area contributed by atoms with Crippen molar-refractivity contribution in [3.05, 3.63) is 40.1 Å². The highest BCUT2D eigenvalue weighted by Crippen LogP contribution is 2.11. The number of nitro groups is 1. The van der Waals surface area contributed by atoms with E-state index in [2.05, 4.69) is 19.6 Å². The summed E-state index contributed by atoms with van der Waals surface area (Å²) < 4.78 is 5.90. The average molecular weight is 281 g/mol. The maximum Gasteiger partial charge on any atom is 0.222 e. The lowest BCUT2D eigenvalue weighted by atomic mass is 10.1. The number of unbranched alkanes of at least 4 members (excludes halogenated alkanes) is 1. The van der Waals surface area contributed by atoms with Gasteiger partial charge < -0.3 is 4.74 Å². The van der Waals surface area contributed by atoms with E-state index in [-0.39, 0.29) is 23.5 Å². The predicted molar refractivity (Wildman–Crippen MR) is 82.4 cm³/mol. The molecule has 0 saturated carbocycles. The highest BCUT2D eigenvalue weighted by atomic mass is 16.6. The van der Waals surface area contributed by atoms with Crippen molar-refractivity contribution in [2.75, 3.05) is 13.2 Å². The number of nitrogens with zero attached hydrogens (tertiary/aromatic N) is 1. The van der Waals surface area contributed by atoms with E-state index in [4.69, 9.17) is 4.74 Å². The number of hydrogen-bond acceptors (Lipinski definition) is 3. The Hall–Kier alpha value is -1.38. The quantitative estimate of drug-likeness (QED) is 0.247. The molecule has 0 aliphatic carbocycles. The summed E-state index contributed by atoms with van der Waals surface area (Å²) in [6.07, 6.45) is 11.6. The molecular weight excluding hydrogens is 254 g/mol. The molecule has 0 fully saturated rings. The fourth-order valence-electron chi connectivity index (χ4n) is 1.72. The van der Waals surface area contributed by atoms with Gasteiger partial charge in [-0.25, -0.2) is 0 Å². The van der Waals surface area contributed by atoms with Gasteiger partial charge >= 0.3 is 0 Å². The molecule has 0 aliphatic heterocycles. The van der Waals surface area contributed by atoms with Crippen molar-refractivity contribution in [2.24, 2.45) is 5.92 Å². The van der Waals surface area contributed by atoms with Gasteiger partial charge in [0, 0.05) is 10.8 Å². The molecule has 0 amide bonds. The molecular formula is C16H27NO3. The minimum Gasteiger partial charge on any atom is -0.373 e. The van der Waals surface area contributed by atoms with Crippen molar-refractivity contribution in [1.82, 2.24) is 0 Å². The summed E-state index contributed by atoms with van der Waals surface area (Å²) in [5.74, 6) is 0.234. The van der Waals surface area contributed by atoms with Gasteiger partial charge in [-0.05, 0) is 38.0 Å². The van der Waals surface area contributed by atoms with Crippen LogP contribution in [0.2, 0.25) is 0 Å². The summed E-state index contributed by atoms with van der Waals surface area (Å²) in [6, 6.07) is 0. The first-order valence-electron chi connectivity index (χ1n) is 7.41. The van der Waals surface area contributed by atoms with Crippen LogP contribution in [0, 0.1) is 16.0 Å². The van der Waals surface area contributed by atoms with Crippen LogP contribution in [0.4, 0.5) is 0 Å². The SMILES string of the molecule is CC=C=CC(CCCC)OCC(/C=C\C[N+](=O)[O-])CC. The molecule has 0 aromatic carbocycles. The summed E-state index contributed by atoms with van der Waals surface area (Å²) in [5.41, 5.74) is 3.07. The monoisotopic (exact) mass is 281 g/mol. The summed E-state index contributed by atoms with van der Waals surface area (Å²) in [4.78, 5) is 9.95. The first-order chi connectivity index (χ1) is 9.63. The van der Waals surface area contributed by atoms with E-state index < -0.39 is 0 Å². The van der Waals surface area contributed by atoms with Crippen molar-refractivity contribution in [3.63, 3.8) is 0 Å². The lowest BCUT2D eigenvalue weighted by molar-refractivity contribution is -0.468. The van der Waals surface area contributed by atoms with E-state index in [1.807, 2.05) is 25.2 Å². The van der Waals surface area contributed by atoms with E-state index in [9.17, 15) is 10.1 Å². The third-order valence-electron chi connectivity index (χ3n) is 3.00. The predicted octanol–water partition coefficient (Wildman–Crippen LogP) is 4.15. The maximum atomic E-state index is 10.3. The van der Waals surface area contributed by atoms with Crippen LogP contribution in [0.1, 0.15) is 46.5 Å². The van der Waals surface area contributed by atoms with Gasteiger partial charge in [0.2, 0.25) is 6.54 Å². The number of ether oxygens (including phenoxy) is 1. The van der Waals surface area contributed by atoms with Gasteiger partial charge in [-0.15, -0.1) is 5.73 Å². The summed E-state index contributed by atoms with van der Waals surface area (Å²) in [5, 5.41) is 10.3. The largest absolute Gasteiger partial charge is 0.373 e. The second-order valence-electron chi connectivity index (χ2n) is 4.75. The Morgan fingerprint density at radius 1 is 1.40 bits per heavy atom. The van der Waals surface area contributed by atoms with E-state index in [1.165, 1.54) is 0 Å². The van der Waals surface area contributed by atoms with Gasteiger partial charge in [0.15, 0.2) is 0 Å². The van der Waals surface area contributed by atoms with Gasteiger partial charge in [0.1, 0.15) is 0 Å². The van der Waals surface area contributed by atoms with Crippen molar-refractivity contribution < 1.29 is 9.66 Å². The van der Waals surface area contributed by atoms with Gasteiger partial charge in [0.25, 0.3) is 0 Å². The molecule has 2 unspecified atom stereocenters. The molecule has 114 valence electrons. The highest BCUT2D eigenvalue weighted by molar-refractivity contribution is 4.91. The van der Waals surface area contributed by atoms with Crippen LogP contribution >= 0.6 is 0 Å². The minimum absolute atomic E-state index is 0.0871. The Morgan fingerprint density at radius 2 is 2.15 bits per heavy atom. The minimum atomic E-state index is -0.330. The van der Waals surface area contributed by atoms with E-state index in [0.717, 1.165) is 25.7 Å². The zero-order chi connectivity index (χ0) is 15.2. The smallest absolute Gasteiger partial charge is 0.222 e. The van der Waals surface area contributed by atoms with Gasteiger partial charge in [-0.3, -0.25) is 10.1 Å². The van der Waals surface area contributed by atoms with E-state index in [1.54, 1.807) is 6.08 Å². The third kappa shape index (κ3) is 10.5. The Bertz CT molecular complexity index is 344. The Balaban J connectivity index is 4.29. The normalized spacial score (nSPS) is 13.8. The molecule has 0 bridgehead atoms. The van der Waals surface area contributed by atoms with Gasteiger partial charge in [0.05, 0.1) is 12.7 Å². The lowest BCUT2D eigenvalue weighted by Crippen LogP contribution is -2.15. The molecule has 0 heterocycles. The van der Waals surface area contributed by atoms with E-state index in [0.29, 0.717) is 6.61 Å². The van der Waals surface area contributed by atoms with Crippen LogP contribution in [-0.2, 0) is 4.74 Å². The maximum absolute atomic E-state index is 10.3. The molecule has 0 aliphatic rings. The van der Waals surface area contributed by atoms with Crippen LogP contribution < -0.4 is 0 Å². The summed E-state index contributed by atoms with van der Waals surface area (Å²) >= 11 is 0. The van der Waals surface area contributed by atoms with Crippen LogP contribution in [0.25, 0.3) is 0 Å². The van der Waals surface area contributed by atoms with Crippen molar-refractivity contribution in [3.8, 4) is 0 Å². The third-order valence-corrected chi connectivity index (χ3v) is 3.00. The Kier molecular flexibility index (Phi) is 11.8. The molecule has 0 radical (unpaired) electrons. The molecule has 0 saturated heterocycles. The van der Waals surface area contributed by atoms with Crippen molar-refractivity contribution >= 4 is 0 Å². The first kappa shape index (κ1) is 18.6. The molecule has 20 heavy (non-hydrogen) atoms. The van der Waals surface area contributed by atoms with Crippen LogP contribution in [-0.4, -0.2) is 24.2 Å². The molecule has 0 aromatic rings.